The fourth-order valence-electron chi connectivity index (χ4n) is 8.65. The SMILES string of the molecule is CCCCc1nc(Cl)c(COC(=O)[C@@H]2C[C@@H]3CCC[C@@H]3N2C(=O)[C@H](C)N[C@@H](CCc2ccccc2)C(=O)OCC)n1Cc1ccc(-c2ccccc2-c2nn[nH]n2)cc1. The quantitative estimate of drug-likeness (QED) is 0.0872. The summed E-state index contributed by atoms with van der Waals surface area (Å²) in [7, 11) is 0. The highest BCUT2D eigenvalue weighted by atomic mass is 35.5. The predicted octanol–water partition coefficient (Wildman–Crippen LogP) is 7.13. The molecule has 59 heavy (non-hydrogen) atoms. The number of aromatic nitrogens is 6. The van der Waals surface area contributed by atoms with Crippen LogP contribution in [-0.2, 0) is 49.9 Å². The third-order valence-corrected chi connectivity index (χ3v) is 12.0. The van der Waals surface area contributed by atoms with Crippen molar-refractivity contribution < 1.29 is 23.9 Å². The molecule has 1 amide bonds. The van der Waals surface area contributed by atoms with Gasteiger partial charge in [-0.1, -0.05) is 110 Å². The predicted molar refractivity (Wildman–Crippen MR) is 224 cm³/mol. The summed E-state index contributed by atoms with van der Waals surface area (Å²) < 4.78 is 13.5. The van der Waals surface area contributed by atoms with Gasteiger partial charge < -0.3 is 18.9 Å². The standard InChI is InChI=1S/C45H53ClN8O5/c1-4-6-19-40-48-41(46)39(53(40)27-31-20-23-32(24-21-31)34-16-10-11-17-35(34)42-49-51-52-50-42)28-59-45(57)38-26-33-15-12-18-37(33)54(38)43(55)29(3)47-36(44(56)58-5-2)25-22-30-13-8-7-9-14-30/h7-11,13-14,16-17,20-21,23-24,29,33,36-38,47H,4-6,12,15,18-19,22,25-28H2,1-3H3,(H,49,50,51,52)/t29-,33-,36-,37-,38-/m0/s1. The molecule has 310 valence electrons. The van der Waals surface area contributed by atoms with E-state index in [0.29, 0.717) is 42.5 Å². The number of unbranched alkanes of at least 4 members (excludes halogenated alkanes) is 1. The molecule has 2 N–H and O–H groups in total. The average molecular weight is 821 g/mol. The number of hydrogen-bond acceptors (Lipinski definition) is 10. The summed E-state index contributed by atoms with van der Waals surface area (Å²) in [6.45, 7) is 6.29. The lowest BCUT2D eigenvalue weighted by Crippen LogP contribution is -2.55. The number of halogens is 1. The Morgan fingerprint density at radius 2 is 1.69 bits per heavy atom. The van der Waals surface area contributed by atoms with Crippen LogP contribution in [-0.4, -0.2) is 83.7 Å². The van der Waals surface area contributed by atoms with Crippen LogP contribution >= 0.6 is 11.6 Å². The van der Waals surface area contributed by atoms with Crippen molar-refractivity contribution in [2.45, 2.75) is 116 Å². The van der Waals surface area contributed by atoms with E-state index in [0.717, 1.165) is 72.2 Å². The number of tetrazole rings is 1. The zero-order chi connectivity index (χ0) is 41.3. The summed E-state index contributed by atoms with van der Waals surface area (Å²) in [4.78, 5) is 48.0. The number of amides is 1. The van der Waals surface area contributed by atoms with E-state index in [9.17, 15) is 14.4 Å². The Morgan fingerprint density at radius 1 is 0.932 bits per heavy atom. The maximum absolute atomic E-state index is 14.3. The number of hydrogen-bond donors (Lipinski definition) is 2. The number of aromatic amines is 1. The monoisotopic (exact) mass is 820 g/mol. The van der Waals surface area contributed by atoms with Crippen molar-refractivity contribution in [1.29, 1.82) is 0 Å². The Balaban J connectivity index is 1.06. The van der Waals surface area contributed by atoms with Crippen molar-refractivity contribution in [1.82, 2.24) is 40.4 Å². The Bertz CT molecular complexity index is 2180. The molecule has 0 spiro atoms. The topological polar surface area (TPSA) is 157 Å². The Labute approximate surface area is 350 Å². The Hall–Kier alpha value is -5.40. The zero-order valence-corrected chi connectivity index (χ0v) is 34.7. The average Bonchev–Trinajstić information content (AvgIpc) is 4.07. The van der Waals surface area contributed by atoms with Gasteiger partial charge in [-0.3, -0.25) is 14.9 Å². The van der Waals surface area contributed by atoms with E-state index in [1.165, 1.54) is 0 Å². The Kier molecular flexibility index (Phi) is 13.8. The molecule has 5 aromatic rings. The maximum atomic E-state index is 14.3. The van der Waals surface area contributed by atoms with Crippen LogP contribution in [0.2, 0.25) is 5.15 Å². The number of aryl methyl sites for hydroxylation is 2. The van der Waals surface area contributed by atoms with E-state index in [2.05, 4.69) is 61.7 Å². The van der Waals surface area contributed by atoms with Gasteiger partial charge in [-0.15, -0.1) is 10.2 Å². The number of imidazole rings is 1. The van der Waals surface area contributed by atoms with Crippen molar-refractivity contribution in [3.05, 3.63) is 107 Å². The summed E-state index contributed by atoms with van der Waals surface area (Å²) in [6, 6.07) is 23.9. The second-order valence-corrected chi connectivity index (χ2v) is 15.9. The van der Waals surface area contributed by atoms with Crippen LogP contribution < -0.4 is 5.32 Å². The van der Waals surface area contributed by atoms with Gasteiger partial charge in [0.15, 0.2) is 5.15 Å². The fraction of sp³-hybridized carbons (Fsp3) is 0.444. The largest absolute Gasteiger partial charge is 0.465 e. The number of ether oxygens (including phenoxy) is 2. The lowest BCUT2D eigenvalue weighted by molar-refractivity contribution is -0.157. The third-order valence-electron chi connectivity index (χ3n) is 11.6. The van der Waals surface area contributed by atoms with Gasteiger partial charge in [-0.05, 0) is 85.8 Å². The first kappa shape index (κ1) is 41.7. The number of fused-ring (bicyclic) bond motifs is 1. The second-order valence-electron chi connectivity index (χ2n) is 15.5. The number of carbonyl (C=O) groups is 3. The minimum absolute atomic E-state index is 0.0634. The summed E-state index contributed by atoms with van der Waals surface area (Å²) >= 11 is 6.82. The number of esters is 2. The molecule has 2 aromatic heterocycles. The van der Waals surface area contributed by atoms with Crippen molar-refractivity contribution in [2.75, 3.05) is 6.61 Å². The van der Waals surface area contributed by atoms with E-state index in [1.807, 2.05) is 54.6 Å². The molecular formula is C45H53ClN8O5. The Morgan fingerprint density at radius 3 is 2.42 bits per heavy atom. The van der Waals surface area contributed by atoms with Crippen molar-refractivity contribution in [2.24, 2.45) is 5.92 Å². The van der Waals surface area contributed by atoms with Crippen LogP contribution in [0.4, 0.5) is 0 Å². The smallest absolute Gasteiger partial charge is 0.329 e. The second kappa shape index (κ2) is 19.6. The molecule has 0 radical (unpaired) electrons. The number of nitrogens with one attached hydrogen (secondary N) is 2. The van der Waals surface area contributed by atoms with E-state index >= 15 is 0 Å². The molecular weight excluding hydrogens is 768 g/mol. The van der Waals surface area contributed by atoms with Crippen molar-refractivity contribution >= 4 is 29.4 Å². The lowest BCUT2D eigenvalue weighted by atomic mass is 9.98. The van der Waals surface area contributed by atoms with E-state index in [-0.39, 0.29) is 31.1 Å². The summed E-state index contributed by atoms with van der Waals surface area (Å²) in [5.74, 6) is 0.476. The van der Waals surface area contributed by atoms with Gasteiger partial charge in [-0.25, -0.2) is 9.78 Å². The van der Waals surface area contributed by atoms with Crippen LogP contribution in [0, 0.1) is 5.92 Å². The maximum Gasteiger partial charge on any atom is 0.329 e. The summed E-state index contributed by atoms with van der Waals surface area (Å²) in [5, 5.41) is 18.2. The normalized spacial score (nSPS) is 18.4. The number of carbonyl (C=O) groups excluding carboxylic acids is 3. The molecule has 1 aliphatic carbocycles. The zero-order valence-electron chi connectivity index (χ0n) is 34.0. The molecule has 2 fully saturated rings. The minimum Gasteiger partial charge on any atom is -0.465 e. The molecule has 14 heteroatoms. The van der Waals surface area contributed by atoms with Crippen LogP contribution in [0.3, 0.4) is 0 Å². The third kappa shape index (κ3) is 9.74. The minimum atomic E-state index is -0.745. The van der Waals surface area contributed by atoms with Crippen LogP contribution in [0.1, 0.15) is 88.4 Å². The van der Waals surface area contributed by atoms with E-state index in [1.54, 1.807) is 18.7 Å². The summed E-state index contributed by atoms with van der Waals surface area (Å²) in [6.07, 6.45) is 7.04. The molecule has 1 aliphatic heterocycles. The van der Waals surface area contributed by atoms with Crippen molar-refractivity contribution in [3.8, 4) is 22.5 Å². The first-order valence-electron chi connectivity index (χ1n) is 20.9. The summed E-state index contributed by atoms with van der Waals surface area (Å²) in [5.41, 5.74) is 5.59. The number of rotatable bonds is 18. The van der Waals surface area contributed by atoms with Gasteiger partial charge >= 0.3 is 11.9 Å². The first-order valence-corrected chi connectivity index (χ1v) is 21.2. The molecule has 0 bridgehead atoms. The molecule has 0 unspecified atom stereocenters. The van der Waals surface area contributed by atoms with Crippen LogP contribution in [0.15, 0.2) is 78.9 Å². The molecule has 2 aliphatic rings. The van der Waals surface area contributed by atoms with Gasteiger partial charge in [0.2, 0.25) is 11.7 Å². The van der Waals surface area contributed by atoms with Gasteiger partial charge in [-0.2, -0.15) is 5.21 Å². The number of benzene rings is 3. The lowest BCUT2D eigenvalue weighted by Gasteiger charge is -2.32. The van der Waals surface area contributed by atoms with Gasteiger partial charge in [0.1, 0.15) is 24.5 Å². The molecule has 1 saturated carbocycles. The van der Waals surface area contributed by atoms with E-state index < -0.39 is 30.1 Å². The highest BCUT2D eigenvalue weighted by Gasteiger charge is 2.50. The molecule has 3 heterocycles. The van der Waals surface area contributed by atoms with Crippen molar-refractivity contribution in [3.63, 3.8) is 0 Å². The molecule has 1 saturated heterocycles. The van der Waals surface area contributed by atoms with Gasteiger partial charge in [0.05, 0.1) is 18.3 Å². The molecule has 7 rings (SSSR count). The highest BCUT2D eigenvalue weighted by molar-refractivity contribution is 6.30. The molecule has 5 atom stereocenters. The van der Waals surface area contributed by atoms with Crippen LogP contribution in [0.5, 0.6) is 0 Å². The van der Waals surface area contributed by atoms with Gasteiger partial charge in [0.25, 0.3) is 0 Å². The number of likely N-dealkylation sites (tertiary alicyclic amines) is 1. The van der Waals surface area contributed by atoms with Crippen LogP contribution in [0.25, 0.3) is 22.5 Å². The van der Waals surface area contributed by atoms with Gasteiger partial charge in [0, 0.05) is 24.6 Å². The molecule has 3 aromatic carbocycles. The first-order chi connectivity index (χ1) is 28.7. The number of H-pyrrole nitrogens is 1. The number of nitrogens with zero attached hydrogens (tertiary/aromatic N) is 6. The highest BCUT2D eigenvalue weighted by Crippen LogP contribution is 2.42. The molecule has 13 nitrogen and oxygen atoms in total. The fourth-order valence-corrected chi connectivity index (χ4v) is 8.90. The van der Waals surface area contributed by atoms with E-state index in [4.69, 9.17) is 26.1 Å².